The molecule has 0 fully saturated rings. The molecule has 0 aromatic heterocycles. The number of carbonyl (C=O) groups is 3. The van der Waals surface area contributed by atoms with Gasteiger partial charge in [0, 0.05) is 19.3 Å². The summed E-state index contributed by atoms with van der Waals surface area (Å²) in [6.45, 7) is 6.62. The molecular weight excluding hydrogens is 985 g/mol. The molecule has 0 aromatic carbocycles. The zero-order valence-electron chi connectivity index (χ0n) is 53.9. The molecule has 0 saturated carbocycles. The topological polar surface area (TPSA) is 78.9 Å². The van der Waals surface area contributed by atoms with Crippen LogP contribution in [0.1, 0.15) is 387 Å². The van der Waals surface area contributed by atoms with Gasteiger partial charge in [-0.15, -0.1) is 0 Å². The highest BCUT2D eigenvalue weighted by Crippen LogP contribution is 2.18. The predicted molar refractivity (Wildman–Crippen MR) is 349 cm³/mol. The van der Waals surface area contributed by atoms with Crippen LogP contribution in [0.4, 0.5) is 0 Å². The summed E-state index contributed by atoms with van der Waals surface area (Å²) in [5, 5.41) is 0. The molecule has 0 amide bonds. The van der Waals surface area contributed by atoms with E-state index in [4.69, 9.17) is 14.2 Å². The quantitative estimate of drug-likeness (QED) is 0.0261. The first kappa shape index (κ1) is 77.4. The highest BCUT2D eigenvalue weighted by Gasteiger charge is 2.19. The van der Waals surface area contributed by atoms with Crippen LogP contribution in [0.3, 0.4) is 0 Å². The zero-order chi connectivity index (χ0) is 57.8. The average molecular weight is 1120 g/mol. The maximum Gasteiger partial charge on any atom is 0.306 e. The summed E-state index contributed by atoms with van der Waals surface area (Å²) in [5.41, 5.74) is 0. The van der Waals surface area contributed by atoms with Crippen LogP contribution in [0.5, 0.6) is 0 Å². The van der Waals surface area contributed by atoms with Crippen LogP contribution >= 0.6 is 0 Å². The molecule has 468 valence electrons. The number of allylic oxidation sites excluding steroid dienone is 8. The van der Waals surface area contributed by atoms with Gasteiger partial charge >= 0.3 is 17.9 Å². The van der Waals surface area contributed by atoms with Crippen LogP contribution in [-0.2, 0) is 28.6 Å². The average Bonchev–Trinajstić information content (AvgIpc) is 3.46. The van der Waals surface area contributed by atoms with Gasteiger partial charge in [-0.1, -0.05) is 333 Å². The van der Waals surface area contributed by atoms with Gasteiger partial charge in [-0.05, 0) is 83.5 Å². The summed E-state index contributed by atoms with van der Waals surface area (Å²) < 4.78 is 16.9. The molecule has 0 heterocycles. The van der Waals surface area contributed by atoms with Crippen molar-refractivity contribution in [2.75, 3.05) is 13.2 Å². The molecule has 6 heteroatoms. The van der Waals surface area contributed by atoms with Gasteiger partial charge in [-0.25, -0.2) is 0 Å². The second-order valence-electron chi connectivity index (χ2n) is 24.1. The standard InChI is InChI=1S/C74H136O6/c1-4-7-10-13-16-18-20-22-24-26-28-30-32-34-35-36-37-38-39-41-42-44-46-48-50-52-54-56-58-61-64-67-73(76)79-70-71(69-78-72(75)66-63-60-15-12-9-6-3)80-74(77)68-65-62-59-57-55-53-51-49-47-45-43-40-33-31-29-27-25-23-21-19-17-14-11-8-5-2/h21,23,26-29,33,40,71H,4-20,22,24-25,30-32,34-39,41-70H2,1-3H3/b23-21-,28-26-,29-27-,40-33-. The molecule has 1 atom stereocenters. The van der Waals surface area contributed by atoms with Crippen molar-refractivity contribution in [1.29, 1.82) is 0 Å². The first-order chi connectivity index (χ1) is 39.5. The zero-order valence-corrected chi connectivity index (χ0v) is 53.9. The molecule has 0 saturated heterocycles. The molecule has 0 aromatic rings. The van der Waals surface area contributed by atoms with E-state index in [0.717, 1.165) is 70.6 Å². The van der Waals surface area contributed by atoms with E-state index in [-0.39, 0.29) is 31.1 Å². The van der Waals surface area contributed by atoms with Crippen molar-refractivity contribution in [2.45, 2.75) is 393 Å². The molecular formula is C74H136O6. The number of ether oxygens (including phenoxy) is 3. The fourth-order valence-electron chi connectivity index (χ4n) is 10.7. The minimum Gasteiger partial charge on any atom is -0.462 e. The lowest BCUT2D eigenvalue weighted by Gasteiger charge is -2.18. The highest BCUT2D eigenvalue weighted by atomic mass is 16.6. The number of hydrogen-bond donors (Lipinski definition) is 0. The highest BCUT2D eigenvalue weighted by molar-refractivity contribution is 5.71. The molecule has 0 aliphatic carbocycles. The summed E-state index contributed by atoms with van der Waals surface area (Å²) in [6.07, 6.45) is 87.6. The van der Waals surface area contributed by atoms with Crippen molar-refractivity contribution in [1.82, 2.24) is 0 Å². The molecule has 0 aliphatic rings. The van der Waals surface area contributed by atoms with E-state index < -0.39 is 6.10 Å². The van der Waals surface area contributed by atoms with Gasteiger partial charge < -0.3 is 14.2 Å². The Hall–Kier alpha value is -2.63. The third-order valence-corrected chi connectivity index (χ3v) is 16.1. The van der Waals surface area contributed by atoms with Gasteiger partial charge in [0.05, 0.1) is 0 Å². The lowest BCUT2D eigenvalue weighted by molar-refractivity contribution is -0.167. The Morgan fingerprint density at radius 2 is 0.450 bits per heavy atom. The Labute approximate surface area is 498 Å². The van der Waals surface area contributed by atoms with Crippen molar-refractivity contribution < 1.29 is 28.6 Å². The Bertz CT molecular complexity index is 1380. The summed E-state index contributed by atoms with van der Waals surface area (Å²) in [7, 11) is 0. The third kappa shape index (κ3) is 66.2. The Morgan fingerprint density at radius 3 is 0.713 bits per heavy atom. The number of unbranched alkanes of at least 4 members (excludes halogenated alkanes) is 47. The van der Waals surface area contributed by atoms with E-state index in [2.05, 4.69) is 69.4 Å². The first-order valence-electron chi connectivity index (χ1n) is 35.6. The second kappa shape index (κ2) is 68.9. The summed E-state index contributed by atoms with van der Waals surface area (Å²) >= 11 is 0. The molecule has 0 N–H and O–H groups in total. The molecule has 0 aliphatic heterocycles. The van der Waals surface area contributed by atoms with E-state index in [1.165, 1.54) is 276 Å². The maximum atomic E-state index is 12.9. The van der Waals surface area contributed by atoms with Crippen molar-refractivity contribution in [3.05, 3.63) is 48.6 Å². The largest absolute Gasteiger partial charge is 0.462 e. The van der Waals surface area contributed by atoms with E-state index >= 15 is 0 Å². The number of hydrogen-bond acceptors (Lipinski definition) is 6. The van der Waals surface area contributed by atoms with Crippen LogP contribution in [0.15, 0.2) is 48.6 Å². The Balaban J connectivity index is 3.98. The molecule has 0 bridgehead atoms. The predicted octanol–water partition coefficient (Wildman–Crippen LogP) is 24.5. The van der Waals surface area contributed by atoms with Gasteiger partial charge in [0.1, 0.15) is 13.2 Å². The van der Waals surface area contributed by atoms with Crippen LogP contribution in [0, 0.1) is 0 Å². The molecule has 1 unspecified atom stereocenters. The van der Waals surface area contributed by atoms with Gasteiger partial charge in [-0.3, -0.25) is 14.4 Å². The normalized spacial score (nSPS) is 12.3. The van der Waals surface area contributed by atoms with Crippen LogP contribution in [-0.4, -0.2) is 37.2 Å². The number of carbonyl (C=O) groups excluding carboxylic acids is 3. The lowest BCUT2D eigenvalue weighted by atomic mass is 10.0. The summed E-state index contributed by atoms with van der Waals surface area (Å²) in [4.78, 5) is 38.1. The molecule has 0 rings (SSSR count). The molecule has 6 nitrogen and oxygen atoms in total. The maximum absolute atomic E-state index is 12.9. The molecule has 80 heavy (non-hydrogen) atoms. The molecule has 0 radical (unpaired) electrons. The van der Waals surface area contributed by atoms with Crippen LogP contribution < -0.4 is 0 Å². The van der Waals surface area contributed by atoms with Gasteiger partial charge in [0.25, 0.3) is 0 Å². The second-order valence-corrected chi connectivity index (χ2v) is 24.1. The third-order valence-electron chi connectivity index (χ3n) is 16.1. The minimum atomic E-state index is -0.771. The molecule has 0 spiro atoms. The lowest BCUT2D eigenvalue weighted by Crippen LogP contribution is -2.30. The van der Waals surface area contributed by atoms with Crippen molar-refractivity contribution >= 4 is 17.9 Å². The summed E-state index contributed by atoms with van der Waals surface area (Å²) in [6, 6.07) is 0. The van der Waals surface area contributed by atoms with E-state index in [1.54, 1.807) is 0 Å². The smallest absolute Gasteiger partial charge is 0.306 e. The van der Waals surface area contributed by atoms with Crippen LogP contribution in [0.2, 0.25) is 0 Å². The van der Waals surface area contributed by atoms with E-state index in [0.29, 0.717) is 19.3 Å². The fraction of sp³-hybridized carbons (Fsp3) is 0.851. The van der Waals surface area contributed by atoms with Crippen molar-refractivity contribution in [3.8, 4) is 0 Å². The first-order valence-corrected chi connectivity index (χ1v) is 35.6. The Kier molecular flexibility index (Phi) is 66.6. The SMILES string of the molecule is CCCCCCC/C=C\C/C=C\C/C=C\CCCCCCCCCCCCC(=O)OC(COC(=O)CCCCCCCC)COC(=O)CCCCCCCCCCCCCCCCCCCCC/C=C\CCCCCCCCCC. The Morgan fingerprint density at radius 1 is 0.250 bits per heavy atom. The fourth-order valence-corrected chi connectivity index (χ4v) is 10.7. The number of esters is 3. The van der Waals surface area contributed by atoms with E-state index in [9.17, 15) is 14.4 Å². The monoisotopic (exact) mass is 1120 g/mol. The van der Waals surface area contributed by atoms with Crippen LogP contribution in [0.25, 0.3) is 0 Å². The van der Waals surface area contributed by atoms with Crippen molar-refractivity contribution in [2.24, 2.45) is 0 Å². The number of rotatable bonds is 66. The minimum absolute atomic E-state index is 0.0706. The van der Waals surface area contributed by atoms with E-state index in [1.807, 2.05) is 0 Å². The summed E-state index contributed by atoms with van der Waals surface area (Å²) in [5.74, 6) is -0.862. The van der Waals surface area contributed by atoms with Gasteiger partial charge in [0.15, 0.2) is 6.10 Å². The van der Waals surface area contributed by atoms with Gasteiger partial charge in [0.2, 0.25) is 0 Å². The van der Waals surface area contributed by atoms with Crippen molar-refractivity contribution in [3.63, 3.8) is 0 Å². The van der Waals surface area contributed by atoms with Gasteiger partial charge in [-0.2, -0.15) is 0 Å².